The quantitative estimate of drug-likeness (QED) is 0.934. The molecule has 1 N–H and O–H groups in total. The molecule has 3 heterocycles. The molecule has 2 aromatic heterocycles. The van der Waals surface area contributed by atoms with Gasteiger partial charge < -0.3 is 10.0 Å². The molecule has 1 saturated heterocycles. The van der Waals surface area contributed by atoms with Crippen LogP contribution in [0.3, 0.4) is 0 Å². The Morgan fingerprint density at radius 1 is 1.38 bits per heavy atom. The molecular formula is C14H13N3O3S. The highest BCUT2D eigenvalue weighted by molar-refractivity contribution is 7.13. The highest BCUT2D eigenvalue weighted by Gasteiger charge is 2.32. The van der Waals surface area contributed by atoms with Crippen LogP contribution in [0, 0.1) is 5.92 Å². The summed E-state index contributed by atoms with van der Waals surface area (Å²) >= 11 is 1.36. The van der Waals surface area contributed by atoms with E-state index in [-0.39, 0.29) is 12.5 Å². The lowest BCUT2D eigenvalue weighted by molar-refractivity contribution is -0.141. The van der Waals surface area contributed by atoms with Gasteiger partial charge >= 0.3 is 5.97 Å². The summed E-state index contributed by atoms with van der Waals surface area (Å²) in [6.45, 7) is 0.719. The summed E-state index contributed by atoms with van der Waals surface area (Å²) in [6, 6.07) is 5.52. The van der Waals surface area contributed by atoms with Gasteiger partial charge in [0.2, 0.25) is 0 Å². The lowest BCUT2D eigenvalue weighted by Crippen LogP contribution is -2.30. The maximum atomic E-state index is 12.3. The van der Waals surface area contributed by atoms with Crippen LogP contribution in [0.25, 0.3) is 10.7 Å². The summed E-state index contributed by atoms with van der Waals surface area (Å²) in [5.41, 5.74) is 1.08. The van der Waals surface area contributed by atoms with Crippen LogP contribution >= 0.6 is 11.3 Å². The molecule has 6 nitrogen and oxygen atoms in total. The number of aromatic nitrogens is 2. The normalized spacial score (nSPS) is 17.9. The van der Waals surface area contributed by atoms with Gasteiger partial charge in [0, 0.05) is 24.7 Å². The number of thiazole rings is 1. The van der Waals surface area contributed by atoms with Crippen LogP contribution in [0.4, 0.5) is 0 Å². The minimum absolute atomic E-state index is 0.211. The third-order valence-corrected chi connectivity index (χ3v) is 4.30. The molecule has 1 amide bonds. The molecule has 2 aromatic rings. The molecular weight excluding hydrogens is 290 g/mol. The van der Waals surface area contributed by atoms with Crippen molar-refractivity contribution in [1.82, 2.24) is 14.9 Å². The smallest absolute Gasteiger partial charge is 0.308 e. The number of aliphatic carboxylic acids is 1. The first kappa shape index (κ1) is 13.7. The molecule has 1 aliphatic rings. The Hall–Kier alpha value is -2.28. The van der Waals surface area contributed by atoms with E-state index in [1.165, 1.54) is 11.3 Å². The second-order valence-corrected chi connectivity index (χ2v) is 5.69. The Kier molecular flexibility index (Phi) is 3.66. The summed E-state index contributed by atoms with van der Waals surface area (Å²) in [6.07, 6.45) is 2.18. The molecule has 0 saturated carbocycles. The number of carbonyl (C=O) groups is 2. The number of carboxylic acids is 1. The Bertz CT molecular complexity index is 671. The number of carboxylic acid groups (broad SMARTS) is 1. The SMILES string of the molecule is O=C(O)C1CCN(C(=O)c2csc(-c3ccccn3)n2)C1. The maximum absolute atomic E-state index is 12.3. The van der Waals surface area contributed by atoms with Crippen LogP contribution in [-0.4, -0.2) is 44.9 Å². The Morgan fingerprint density at radius 3 is 2.90 bits per heavy atom. The van der Waals surface area contributed by atoms with E-state index in [1.807, 2.05) is 18.2 Å². The molecule has 0 spiro atoms. The topological polar surface area (TPSA) is 83.4 Å². The van der Waals surface area contributed by atoms with Crippen molar-refractivity contribution >= 4 is 23.2 Å². The largest absolute Gasteiger partial charge is 0.481 e. The standard InChI is InChI=1S/C14H13N3O3S/c18-13(17-6-4-9(7-17)14(19)20)11-8-21-12(16-11)10-3-1-2-5-15-10/h1-3,5,8-9H,4,6-7H2,(H,19,20). The van der Waals surface area contributed by atoms with Crippen molar-refractivity contribution in [3.8, 4) is 10.7 Å². The molecule has 1 unspecified atom stereocenters. The van der Waals surface area contributed by atoms with Crippen LogP contribution in [0.2, 0.25) is 0 Å². The van der Waals surface area contributed by atoms with Crippen molar-refractivity contribution in [2.75, 3.05) is 13.1 Å². The van der Waals surface area contributed by atoms with Gasteiger partial charge in [-0.3, -0.25) is 14.6 Å². The van der Waals surface area contributed by atoms with Crippen LogP contribution in [0.5, 0.6) is 0 Å². The highest BCUT2D eigenvalue weighted by Crippen LogP contribution is 2.24. The average molecular weight is 303 g/mol. The van der Waals surface area contributed by atoms with Gasteiger partial charge in [0.15, 0.2) is 0 Å². The summed E-state index contributed by atoms with van der Waals surface area (Å²) in [7, 11) is 0. The summed E-state index contributed by atoms with van der Waals surface area (Å²) < 4.78 is 0. The van der Waals surface area contributed by atoms with E-state index < -0.39 is 11.9 Å². The zero-order valence-electron chi connectivity index (χ0n) is 11.1. The molecule has 1 fully saturated rings. The van der Waals surface area contributed by atoms with Crippen LogP contribution in [-0.2, 0) is 4.79 Å². The molecule has 0 radical (unpaired) electrons. The average Bonchev–Trinajstić information content (AvgIpc) is 3.17. The van der Waals surface area contributed by atoms with Crippen LogP contribution in [0.1, 0.15) is 16.9 Å². The molecule has 0 aromatic carbocycles. The van der Waals surface area contributed by atoms with Crippen molar-refractivity contribution in [3.63, 3.8) is 0 Å². The van der Waals surface area contributed by atoms with Crippen LogP contribution < -0.4 is 0 Å². The number of nitrogens with zero attached hydrogens (tertiary/aromatic N) is 3. The van der Waals surface area contributed by atoms with Gasteiger partial charge in [-0.15, -0.1) is 11.3 Å². The molecule has 0 aliphatic carbocycles. The minimum Gasteiger partial charge on any atom is -0.481 e. The number of rotatable bonds is 3. The van der Waals surface area contributed by atoms with Gasteiger partial charge in [-0.05, 0) is 18.6 Å². The first-order chi connectivity index (χ1) is 10.1. The highest BCUT2D eigenvalue weighted by atomic mass is 32.1. The summed E-state index contributed by atoms with van der Waals surface area (Å²) in [5.74, 6) is -1.53. The maximum Gasteiger partial charge on any atom is 0.308 e. The number of pyridine rings is 1. The Balaban J connectivity index is 1.75. The molecule has 21 heavy (non-hydrogen) atoms. The second-order valence-electron chi connectivity index (χ2n) is 4.83. The monoisotopic (exact) mass is 303 g/mol. The van der Waals surface area contributed by atoms with Gasteiger partial charge in [0.25, 0.3) is 5.91 Å². The van der Waals surface area contributed by atoms with E-state index in [9.17, 15) is 9.59 Å². The lowest BCUT2D eigenvalue weighted by atomic mass is 10.1. The fourth-order valence-electron chi connectivity index (χ4n) is 2.29. The van der Waals surface area contributed by atoms with Crippen molar-refractivity contribution < 1.29 is 14.7 Å². The summed E-state index contributed by atoms with van der Waals surface area (Å²) in [4.78, 5) is 33.3. The van der Waals surface area contributed by atoms with Gasteiger partial charge in [0.1, 0.15) is 10.7 Å². The van der Waals surface area contributed by atoms with E-state index in [2.05, 4.69) is 9.97 Å². The number of hydrogen-bond donors (Lipinski definition) is 1. The molecule has 0 bridgehead atoms. The molecule has 1 aliphatic heterocycles. The molecule has 108 valence electrons. The van der Waals surface area contributed by atoms with Gasteiger partial charge in [-0.2, -0.15) is 0 Å². The minimum atomic E-state index is -0.849. The van der Waals surface area contributed by atoms with Gasteiger partial charge in [0.05, 0.1) is 11.6 Å². The number of likely N-dealkylation sites (tertiary alicyclic amines) is 1. The van der Waals surface area contributed by atoms with E-state index in [0.717, 1.165) is 5.69 Å². The van der Waals surface area contributed by atoms with E-state index in [4.69, 9.17) is 5.11 Å². The second kappa shape index (κ2) is 5.61. The molecule has 3 rings (SSSR count). The van der Waals surface area contributed by atoms with E-state index >= 15 is 0 Å². The van der Waals surface area contributed by atoms with Crippen molar-refractivity contribution in [2.45, 2.75) is 6.42 Å². The van der Waals surface area contributed by atoms with Crippen molar-refractivity contribution in [3.05, 3.63) is 35.5 Å². The van der Waals surface area contributed by atoms with Gasteiger partial charge in [-0.25, -0.2) is 4.98 Å². The molecule has 1 atom stereocenters. The first-order valence-electron chi connectivity index (χ1n) is 6.54. The van der Waals surface area contributed by atoms with Crippen LogP contribution in [0.15, 0.2) is 29.8 Å². The number of carbonyl (C=O) groups excluding carboxylic acids is 1. The lowest BCUT2D eigenvalue weighted by Gasteiger charge is -2.13. The summed E-state index contributed by atoms with van der Waals surface area (Å²) in [5, 5.41) is 11.4. The number of hydrogen-bond acceptors (Lipinski definition) is 5. The van der Waals surface area contributed by atoms with E-state index in [0.29, 0.717) is 23.7 Å². The zero-order chi connectivity index (χ0) is 14.8. The molecule has 7 heteroatoms. The fourth-order valence-corrected chi connectivity index (χ4v) is 3.06. The third kappa shape index (κ3) is 2.78. The number of amides is 1. The van der Waals surface area contributed by atoms with Crippen molar-refractivity contribution in [1.29, 1.82) is 0 Å². The van der Waals surface area contributed by atoms with E-state index in [1.54, 1.807) is 16.5 Å². The third-order valence-electron chi connectivity index (χ3n) is 3.43. The predicted octanol–water partition coefficient (Wildman–Crippen LogP) is 1.75. The zero-order valence-corrected chi connectivity index (χ0v) is 11.9. The Morgan fingerprint density at radius 2 is 2.24 bits per heavy atom. The fraction of sp³-hybridized carbons (Fsp3) is 0.286. The predicted molar refractivity (Wildman–Crippen MR) is 77.0 cm³/mol. The first-order valence-corrected chi connectivity index (χ1v) is 7.42. The Labute approximate surface area is 125 Å². The van der Waals surface area contributed by atoms with Crippen molar-refractivity contribution in [2.24, 2.45) is 5.92 Å². The van der Waals surface area contributed by atoms with Gasteiger partial charge in [-0.1, -0.05) is 6.07 Å².